The van der Waals surface area contributed by atoms with E-state index in [-0.39, 0.29) is 21.8 Å². The molecular weight excluding hydrogens is 414 g/mol. The number of hydrogen-bond donors (Lipinski definition) is 1. The molecule has 0 saturated heterocycles. The molecule has 0 saturated carbocycles. The summed E-state index contributed by atoms with van der Waals surface area (Å²) in [5.41, 5.74) is 1.67. The van der Waals surface area contributed by atoms with Crippen LogP contribution in [0.2, 0.25) is 0 Å². The Labute approximate surface area is 180 Å². The number of ketones is 2. The summed E-state index contributed by atoms with van der Waals surface area (Å²) in [6.07, 6.45) is 0. The van der Waals surface area contributed by atoms with Crippen molar-refractivity contribution in [1.29, 1.82) is 0 Å². The van der Waals surface area contributed by atoms with Crippen molar-refractivity contribution in [2.75, 3.05) is 0 Å². The van der Waals surface area contributed by atoms with Gasteiger partial charge in [0.25, 0.3) is 10.0 Å². The second-order valence-corrected chi connectivity index (χ2v) is 8.93. The van der Waals surface area contributed by atoms with E-state index in [1.807, 2.05) is 19.9 Å². The van der Waals surface area contributed by atoms with Crippen LogP contribution in [0.25, 0.3) is 0 Å². The maximum Gasteiger partial charge on any atom is 0.262 e. The van der Waals surface area contributed by atoms with Crippen molar-refractivity contribution in [2.45, 2.75) is 18.7 Å². The van der Waals surface area contributed by atoms with Gasteiger partial charge in [-0.25, -0.2) is 8.42 Å². The van der Waals surface area contributed by atoms with Crippen LogP contribution in [0.4, 0.5) is 0 Å². The minimum absolute atomic E-state index is 0.0349. The monoisotopic (exact) mass is 433 g/mol. The predicted octanol–water partition coefficient (Wildman–Crippen LogP) is 3.95. The topological polar surface area (TPSA) is 89.5 Å². The van der Waals surface area contributed by atoms with Gasteiger partial charge in [-0.3, -0.25) is 14.3 Å². The number of aryl methyl sites for hydroxylation is 2. The summed E-state index contributed by atoms with van der Waals surface area (Å²) < 4.78 is 33.9. The van der Waals surface area contributed by atoms with E-state index in [0.29, 0.717) is 5.75 Å². The highest BCUT2D eigenvalue weighted by molar-refractivity contribution is 7.89. The molecule has 156 valence electrons. The molecular formula is C24H19NO5S. The quantitative estimate of drug-likeness (QED) is 0.658. The van der Waals surface area contributed by atoms with Crippen molar-refractivity contribution < 1.29 is 22.7 Å². The highest BCUT2D eigenvalue weighted by atomic mass is 32.2. The van der Waals surface area contributed by atoms with Crippen molar-refractivity contribution in [1.82, 2.24) is 4.72 Å². The first-order valence-corrected chi connectivity index (χ1v) is 11.0. The lowest BCUT2D eigenvalue weighted by Crippen LogP contribution is -2.35. The van der Waals surface area contributed by atoms with Crippen molar-refractivity contribution in [3.8, 4) is 5.75 Å². The maximum absolute atomic E-state index is 13.2. The highest BCUT2D eigenvalue weighted by Gasteiger charge is 2.36. The van der Waals surface area contributed by atoms with Crippen LogP contribution in [-0.2, 0) is 10.0 Å². The Morgan fingerprint density at radius 3 is 1.90 bits per heavy atom. The Hall–Kier alpha value is -3.71. The van der Waals surface area contributed by atoms with Crippen LogP contribution in [0, 0.1) is 13.8 Å². The summed E-state index contributed by atoms with van der Waals surface area (Å²) in [4.78, 5) is 26.4. The normalized spacial score (nSPS) is 13.7. The molecule has 0 radical (unpaired) electrons. The minimum Gasteiger partial charge on any atom is -0.451 e. The molecule has 0 heterocycles. The van der Waals surface area contributed by atoms with Crippen molar-refractivity contribution in [3.63, 3.8) is 0 Å². The van der Waals surface area contributed by atoms with E-state index in [1.165, 1.54) is 24.3 Å². The van der Waals surface area contributed by atoms with Crippen LogP contribution in [-0.4, -0.2) is 20.0 Å². The number of rotatable bonds is 5. The third-order valence-electron chi connectivity index (χ3n) is 4.78. The molecule has 0 atom stereocenters. The number of hydrogen-bond acceptors (Lipinski definition) is 5. The van der Waals surface area contributed by atoms with E-state index in [1.54, 1.807) is 42.5 Å². The summed E-state index contributed by atoms with van der Waals surface area (Å²) in [7, 11) is -4.12. The van der Waals surface area contributed by atoms with Gasteiger partial charge in [0.15, 0.2) is 0 Å². The molecule has 1 N–H and O–H groups in total. The first-order valence-electron chi connectivity index (χ1n) is 9.53. The van der Waals surface area contributed by atoms with Gasteiger partial charge in [0.2, 0.25) is 17.3 Å². The smallest absolute Gasteiger partial charge is 0.262 e. The fraction of sp³-hybridized carbons (Fsp3) is 0.0833. The third-order valence-corrected chi connectivity index (χ3v) is 6.15. The molecule has 1 aliphatic carbocycles. The third kappa shape index (κ3) is 4.00. The molecule has 0 spiro atoms. The van der Waals surface area contributed by atoms with Gasteiger partial charge in [-0.15, -0.1) is 0 Å². The molecule has 0 amide bonds. The molecule has 6 nitrogen and oxygen atoms in total. The van der Waals surface area contributed by atoms with Crippen molar-refractivity contribution in [3.05, 3.63) is 107 Å². The number of ether oxygens (including phenoxy) is 1. The zero-order valence-electron chi connectivity index (χ0n) is 16.9. The van der Waals surface area contributed by atoms with Crippen LogP contribution in [0.15, 0.2) is 89.1 Å². The molecule has 0 bridgehead atoms. The lowest BCUT2D eigenvalue weighted by Gasteiger charge is -2.22. The number of nitrogens with one attached hydrogen (secondary N) is 1. The van der Waals surface area contributed by atoms with E-state index >= 15 is 0 Å². The van der Waals surface area contributed by atoms with Crippen molar-refractivity contribution >= 4 is 21.6 Å². The van der Waals surface area contributed by atoms with Gasteiger partial charge < -0.3 is 4.74 Å². The molecule has 4 rings (SSSR count). The van der Waals surface area contributed by atoms with Gasteiger partial charge in [0, 0.05) is 11.1 Å². The maximum atomic E-state index is 13.2. The fourth-order valence-corrected chi connectivity index (χ4v) is 4.53. The zero-order chi connectivity index (χ0) is 22.2. The van der Waals surface area contributed by atoms with Gasteiger partial charge in [-0.1, -0.05) is 48.5 Å². The minimum atomic E-state index is -4.12. The van der Waals surface area contributed by atoms with Crippen LogP contribution in [0.3, 0.4) is 0 Å². The lowest BCUT2D eigenvalue weighted by atomic mass is 9.91. The van der Waals surface area contributed by atoms with Gasteiger partial charge >= 0.3 is 0 Å². The second kappa shape index (κ2) is 7.85. The standard InChI is InChI=1S/C24H19NO5S/c1-15-12-16(2)14-17(13-15)30-24-21(25-31(28,29)18-8-4-3-5-9-18)22(26)19-10-6-7-11-20(19)23(24)27/h3-14,25H,1-2H3. The average Bonchev–Trinajstić information content (AvgIpc) is 2.74. The number of sulfonamides is 1. The summed E-state index contributed by atoms with van der Waals surface area (Å²) in [5.74, 6) is -1.22. The molecule has 0 aliphatic heterocycles. The van der Waals surface area contributed by atoms with E-state index in [2.05, 4.69) is 4.72 Å². The summed E-state index contributed by atoms with van der Waals surface area (Å²) in [5, 5.41) is 0. The van der Waals surface area contributed by atoms with Crippen LogP contribution in [0.5, 0.6) is 5.75 Å². The summed E-state index contributed by atoms with van der Waals surface area (Å²) in [6, 6.07) is 19.2. The van der Waals surface area contributed by atoms with E-state index in [0.717, 1.165) is 11.1 Å². The highest BCUT2D eigenvalue weighted by Crippen LogP contribution is 2.29. The molecule has 0 fully saturated rings. The van der Waals surface area contributed by atoms with Gasteiger partial charge in [0.05, 0.1) is 4.90 Å². The lowest BCUT2D eigenvalue weighted by molar-refractivity contribution is 0.0933. The van der Waals surface area contributed by atoms with E-state index < -0.39 is 27.3 Å². The number of benzene rings is 3. The number of carbonyl (C=O) groups excluding carboxylic acids is 2. The fourth-order valence-electron chi connectivity index (χ4n) is 3.45. The SMILES string of the molecule is Cc1cc(C)cc(OC2=C(NS(=O)(=O)c3ccccc3)C(=O)c3ccccc3C2=O)c1. The molecule has 7 heteroatoms. The Morgan fingerprint density at radius 2 is 1.29 bits per heavy atom. The zero-order valence-corrected chi connectivity index (χ0v) is 17.7. The Morgan fingerprint density at radius 1 is 0.742 bits per heavy atom. The predicted molar refractivity (Wildman–Crippen MR) is 115 cm³/mol. The Kier molecular flexibility index (Phi) is 5.20. The summed E-state index contributed by atoms with van der Waals surface area (Å²) in [6.45, 7) is 3.74. The molecule has 3 aromatic rings. The van der Waals surface area contributed by atoms with Crippen LogP contribution < -0.4 is 9.46 Å². The molecule has 0 unspecified atom stereocenters. The number of Topliss-reactive ketones (excluding diaryl/α,β-unsaturated/α-hetero) is 2. The van der Waals surface area contributed by atoms with Crippen LogP contribution in [0.1, 0.15) is 31.8 Å². The molecule has 31 heavy (non-hydrogen) atoms. The molecule has 0 aromatic heterocycles. The first kappa shape index (κ1) is 20.6. The number of carbonyl (C=O) groups is 2. The molecule has 1 aliphatic rings. The average molecular weight is 433 g/mol. The Balaban J connectivity index is 1.85. The van der Waals surface area contributed by atoms with Crippen LogP contribution >= 0.6 is 0 Å². The molecule has 3 aromatic carbocycles. The number of allylic oxidation sites excluding steroid dienone is 2. The van der Waals surface area contributed by atoms with E-state index in [9.17, 15) is 18.0 Å². The number of fused-ring (bicyclic) bond motifs is 1. The van der Waals surface area contributed by atoms with Gasteiger partial charge in [-0.2, -0.15) is 0 Å². The first-order chi connectivity index (χ1) is 14.8. The van der Waals surface area contributed by atoms with E-state index in [4.69, 9.17) is 4.74 Å². The summed E-state index contributed by atoms with van der Waals surface area (Å²) >= 11 is 0. The van der Waals surface area contributed by atoms with Gasteiger partial charge in [0.1, 0.15) is 11.4 Å². The second-order valence-electron chi connectivity index (χ2n) is 7.25. The Bertz CT molecular complexity index is 1320. The van der Waals surface area contributed by atoms with Crippen molar-refractivity contribution in [2.24, 2.45) is 0 Å². The largest absolute Gasteiger partial charge is 0.451 e. The van der Waals surface area contributed by atoms with Gasteiger partial charge in [-0.05, 0) is 49.2 Å².